The normalized spacial score (nSPS) is 18.6. The van der Waals surface area contributed by atoms with Gasteiger partial charge in [-0.2, -0.15) is 0 Å². The number of nitrogens with zero attached hydrogens (tertiary/aromatic N) is 1. The van der Waals surface area contributed by atoms with Crippen molar-refractivity contribution in [3.63, 3.8) is 0 Å². The van der Waals surface area contributed by atoms with Crippen molar-refractivity contribution in [2.24, 2.45) is 5.73 Å². The van der Waals surface area contributed by atoms with Crippen molar-refractivity contribution in [2.45, 2.75) is 6.04 Å². The molecule has 7 heteroatoms. The third-order valence-corrected chi connectivity index (χ3v) is 2.58. The molecule has 0 bridgehead atoms. The van der Waals surface area contributed by atoms with E-state index in [9.17, 15) is 14.4 Å². The van der Waals surface area contributed by atoms with E-state index in [0.29, 0.717) is 0 Å². The Labute approximate surface area is 84.7 Å². The highest BCUT2D eigenvalue weighted by Gasteiger charge is 2.32. The summed E-state index contributed by atoms with van der Waals surface area (Å²) in [7, 11) is 1.20. The Kier molecular flexibility index (Phi) is 3.48. The number of carbonyl (C=O) groups excluding carboxylic acids is 3. The lowest BCUT2D eigenvalue weighted by Gasteiger charge is -2.16. The predicted octanol–water partition coefficient (Wildman–Crippen LogP) is -0.818. The highest BCUT2D eigenvalue weighted by molar-refractivity contribution is 8.14. The van der Waals surface area contributed by atoms with Gasteiger partial charge in [0.15, 0.2) is 0 Å². The first-order chi connectivity index (χ1) is 6.56. The predicted molar refractivity (Wildman–Crippen MR) is 49.6 cm³/mol. The topological polar surface area (TPSA) is 89.7 Å². The van der Waals surface area contributed by atoms with Crippen LogP contribution in [0.4, 0.5) is 4.79 Å². The molecule has 1 heterocycles. The number of hydrogen-bond donors (Lipinski definition) is 1. The number of ether oxygens (including phenoxy) is 1. The van der Waals surface area contributed by atoms with Crippen molar-refractivity contribution in [1.29, 1.82) is 0 Å². The van der Waals surface area contributed by atoms with Crippen molar-refractivity contribution in [3.05, 3.63) is 0 Å². The molecule has 1 fully saturated rings. The van der Waals surface area contributed by atoms with Crippen molar-refractivity contribution >= 4 is 28.9 Å². The minimum atomic E-state index is -0.966. The SMILES string of the molecule is COC(=O)[C@@H](N)CN1C(=O)CSC1=O. The van der Waals surface area contributed by atoms with Gasteiger partial charge in [-0.15, -0.1) is 0 Å². The Balaban J connectivity index is 2.55. The van der Waals surface area contributed by atoms with Gasteiger partial charge in [-0.25, -0.2) is 0 Å². The fourth-order valence-corrected chi connectivity index (χ4v) is 1.72. The smallest absolute Gasteiger partial charge is 0.324 e. The van der Waals surface area contributed by atoms with Crippen LogP contribution in [0.5, 0.6) is 0 Å². The number of esters is 1. The molecule has 78 valence electrons. The molecule has 0 aromatic rings. The molecule has 14 heavy (non-hydrogen) atoms. The maximum absolute atomic E-state index is 11.1. The van der Waals surface area contributed by atoms with Crippen LogP contribution in [0.3, 0.4) is 0 Å². The molecule has 2 amide bonds. The summed E-state index contributed by atoms with van der Waals surface area (Å²) in [4.78, 5) is 34.1. The molecule has 0 aromatic carbocycles. The largest absolute Gasteiger partial charge is 0.468 e. The third kappa shape index (κ3) is 2.24. The second-order valence-electron chi connectivity index (χ2n) is 2.69. The van der Waals surface area contributed by atoms with E-state index in [1.807, 2.05) is 0 Å². The lowest BCUT2D eigenvalue weighted by atomic mass is 10.3. The van der Waals surface area contributed by atoms with E-state index in [1.165, 1.54) is 7.11 Å². The Morgan fingerprint density at radius 3 is 2.79 bits per heavy atom. The standard InChI is InChI=1S/C7H10N2O4S/c1-13-6(11)4(8)2-9-5(10)3-14-7(9)12/h4H,2-3,8H2,1H3/t4-/m0/s1. The molecule has 2 N–H and O–H groups in total. The number of rotatable bonds is 3. The molecule has 0 aliphatic carbocycles. The number of carbonyl (C=O) groups is 3. The van der Waals surface area contributed by atoms with Gasteiger partial charge in [0.05, 0.1) is 19.4 Å². The zero-order chi connectivity index (χ0) is 10.7. The number of hydrogen-bond acceptors (Lipinski definition) is 6. The van der Waals surface area contributed by atoms with Gasteiger partial charge in [0, 0.05) is 0 Å². The summed E-state index contributed by atoms with van der Waals surface area (Å²) >= 11 is 0.905. The minimum absolute atomic E-state index is 0.114. The monoisotopic (exact) mass is 218 g/mol. The van der Waals surface area contributed by atoms with Gasteiger partial charge in [-0.1, -0.05) is 11.8 Å². The quantitative estimate of drug-likeness (QED) is 0.622. The second-order valence-corrected chi connectivity index (χ2v) is 3.62. The van der Waals surface area contributed by atoms with Crippen LogP contribution in [-0.4, -0.2) is 47.5 Å². The summed E-state index contributed by atoms with van der Waals surface area (Å²) < 4.78 is 4.37. The molecule has 6 nitrogen and oxygen atoms in total. The van der Waals surface area contributed by atoms with Gasteiger partial charge in [0.25, 0.3) is 5.24 Å². The van der Waals surface area contributed by atoms with E-state index in [2.05, 4.69) is 4.74 Å². The van der Waals surface area contributed by atoms with Crippen LogP contribution in [0.15, 0.2) is 0 Å². The minimum Gasteiger partial charge on any atom is -0.468 e. The van der Waals surface area contributed by atoms with Crippen LogP contribution in [0, 0.1) is 0 Å². The van der Waals surface area contributed by atoms with E-state index in [0.717, 1.165) is 16.7 Å². The number of methoxy groups -OCH3 is 1. The maximum atomic E-state index is 11.1. The zero-order valence-electron chi connectivity index (χ0n) is 7.56. The van der Waals surface area contributed by atoms with Gasteiger partial charge < -0.3 is 10.5 Å². The van der Waals surface area contributed by atoms with Gasteiger partial charge >= 0.3 is 5.97 Å². The van der Waals surface area contributed by atoms with Crippen LogP contribution < -0.4 is 5.73 Å². The molecule has 1 aliphatic heterocycles. The molecule has 1 aliphatic rings. The number of nitrogens with two attached hydrogens (primary N) is 1. The van der Waals surface area contributed by atoms with E-state index >= 15 is 0 Å². The first-order valence-electron chi connectivity index (χ1n) is 3.86. The van der Waals surface area contributed by atoms with Crippen LogP contribution in [0.25, 0.3) is 0 Å². The second kappa shape index (κ2) is 4.43. The molecule has 0 unspecified atom stereocenters. The van der Waals surface area contributed by atoms with Gasteiger partial charge in [-0.3, -0.25) is 19.3 Å². The Hall–Kier alpha value is -1.08. The lowest BCUT2D eigenvalue weighted by molar-refractivity contribution is -0.142. The Morgan fingerprint density at radius 2 is 2.36 bits per heavy atom. The molecule has 1 saturated heterocycles. The average molecular weight is 218 g/mol. The highest BCUT2D eigenvalue weighted by Crippen LogP contribution is 2.18. The summed E-state index contributed by atoms with van der Waals surface area (Å²) in [5.74, 6) is -0.839. The van der Waals surface area contributed by atoms with Gasteiger partial charge in [-0.05, 0) is 0 Å². The van der Waals surface area contributed by atoms with Crippen LogP contribution in [-0.2, 0) is 14.3 Å². The van der Waals surface area contributed by atoms with E-state index < -0.39 is 12.0 Å². The fourth-order valence-electron chi connectivity index (χ4n) is 0.980. The first kappa shape index (κ1) is 11.0. The van der Waals surface area contributed by atoms with Gasteiger partial charge in [0.1, 0.15) is 6.04 Å². The molecule has 0 aromatic heterocycles. The first-order valence-corrected chi connectivity index (χ1v) is 4.85. The molecule has 0 saturated carbocycles. The summed E-state index contributed by atoms with van der Waals surface area (Å²) in [5, 5.41) is -0.366. The lowest BCUT2D eigenvalue weighted by Crippen LogP contribution is -2.45. The fraction of sp³-hybridized carbons (Fsp3) is 0.571. The number of amides is 2. The Bertz CT molecular complexity index is 265. The van der Waals surface area contributed by atoms with Crippen LogP contribution in [0.1, 0.15) is 0 Å². The van der Waals surface area contributed by atoms with Crippen LogP contribution in [0.2, 0.25) is 0 Å². The van der Waals surface area contributed by atoms with Crippen molar-refractivity contribution < 1.29 is 19.1 Å². The molecule has 0 radical (unpaired) electrons. The number of thioether (sulfide) groups is 1. The Morgan fingerprint density at radius 1 is 1.71 bits per heavy atom. The van der Waals surface area contributed by atoms with Crippen LogP contribution >= 0.6 is 11.8 Å². The van der Waals surface area contributed by atoms with E-state index in [1.54, 1.807) is 0 Å². The summed E-state index contributed by atoms with van der Waals surface area (Å²) in [6, 6.07) is -0.966. The zero-order valence-corrected chi connectivity index (χ0v) is 8.37. The molecular formula is C7H10N2O4S. The third-order valence-electron chi connectivity index (χ3n) is 1.72. The molecular weight excluding hydrogens is 208 g/mol. The van der Waals surface area contributed by atoms with E-state index in [-0.39, 0.29) is 23.4 Å². The summed E-state index contributed by atoms with van der Waals surface area (Å²) in [6.45, 7) is -0.114. The van der Waals surface area contributed by atoms with Crippen molar-refractivity contribution in [1.82, 2.24) is 4.90 Å². The van der Waals surface area contributed by atoms with Crippen molar-refractivity contribution in [2.75, 3.05) is 19.4 Å². The molecule has 0 spiro atoms. The van der Waals surface area contributed by atoms with Crippen molar-refractivity contribution in [3.8, 4) is 0 Å². The van der Waals surface area contributed by atoms with Gasteiger partial charge in [0.2, 0.25) is 5.91 Å². The molecule has 1 rings (SSSR count). The molecule has 1 atom stereocenters. The summed E-state index contributed by atoms with van der Waals surface area (Å²) in [5.41, 5.74) is 5.40. The average Bonchev–Trinajstić information content (AvgIpc) is 2.48. The van der Waals surface area contributed by atoms with E-state index in [4.69, 9.17) is 5.73 Å². The summed E-state index contributed by atoms with van der Waals surface area (Å²) in [6.07, 6.45) is 0. The highest BCUT2D eigenvalue weighted by atomic mass is 32.2. The number of imide groups is 1. The maximum Gasteiger partial charge on any atom is 0.324 e.